The van der Waals surface area contributed by atoms with E-state index < -0.39 is 0 Å². The number of amides is 2. The maximum absolute atomic E-state index is 12.6. The zero-order valence-corrected chi connectivity index (χ0v) is 16.8. The van der Waals surface area contributed by atoms with E-state index in [1.807, 2.05) is 35.2 Å². The van der Waals surface area contributed by atoms with Crippen LogP contribution >= 0.6 is 0 Å². The van der Waals surface area contributed by atoms with Gasteiger partial charge in [0.05, 0.1) is 26.7 Å². The van der Waals surface area contributed by atoms with Gasteiger partial charge in [0.2, 0.25) is 11.8 Å². The van der Waals surface area contributed by atoms with Gasteiger partial charge in [-0.05, 0) is 31.5 Å². The van der Waals surface area contributed by atoms with Gasteiger partial charge in [0.15, 0.2) is 0 Å². The molecule has 0 aromatic heterocycles. The van der Waals surface area contributed by atoms with Crippen LogP contribution < -0.4 is 20.1 Å². The fourth-order valence-corrected chi connectivity index (χ4v) is 3.46. The number of hydrogen-bond donors (Lipinski definition) is 2. The van der Waals surface area contributed by atoms with Crippen LogP contribution in [-0.4, -0.2) is 50.6 Å². The lowest BCUT2D eigenvalue weighted by atomic mass is 9.97. The molecule has 1 fully saturated rings. The van der Waals surface area contributed by atoms with E-state index in [1.165, 1.54) is 0 Å². The molecule has 1 aliphatic heterocycles. The highest BCUT2D eigenvalue weighted by Gasteiger charge is 2.27. The quantitative estimate of drug-likeness (QED) is 0.751. The number of carbonyl (C=O) groups excluding carboxylic acids is 2. The summed E-state index contributed by atoms with van der Waals surface area (Å²) in [6.45, 7) is 1.59. The van der Waals surface area contributed by atoms with Crippen LogP contribution in [0.5, 0.6) is 11.5 Å². The molecular weight excluding hydrogens is 370 g/mol. The average molecular weight is 397 g/mol. The summed E-state index contributed by atoms with van der Waals surface area (Å²) in [4.78, 5) is 27.1. The van der Waals surface area contributed by atoms with Gasteiger partial charge in [-0.3, -0.25) is 14.5 Å². The minimum Gasteiger partial charge on any atom is -0.497 e. The molecule has 0 radical (unpaired) electrons. The number of methoxy groups -OCH3 is 2. The van der Waals surface area contributed by atoms with Crippen LogP contribution in [0.3, 0.4) is 0 Å². The number of nitrogens with one attached hydrogen (secondary N) is 2. The summed E-state index contributed by atoms with van der Waals surface area (Å²) in [5.74, 6) is 0.947. The van der Waals surface area contributed by atoms with Crippen LogP contribution in [0.25, 0.3) is 0 Å². The molecule has 154 valence electrons. The third-order valence-electron chi connectivity index (χ3n) is 4.92. The Hall–Kier alpha value is -3.06. The lowest BCUT2D eigenvalue weighted by Gasteiger charge is -2.31. The molecular formula is C22H27N3O4. The number of carbonyl (C=O) groups is 2. The van der Waals surface area contributed by atoms with Crippen molar-refractivity contribution in [2.45, 2.75) is 12.8 Å². The molecule has 29 heavy (non-hydrogen) atoms. The first-order valence-corrected chi connectivity index (χ1v) is 9.68. The number of rotatable bonds is 7. The smallest absolute Gasteiger partial charge is 0.238 e. The van der Waals surface area contributed by atoms with Crippen molar-refractivity contribution in [2.24, 2.45) is 5.92 Å². The standard InChI is InChI=1S/C22H27N3O4/c1-28-19-11-18(12-20(13-19)29-2)23-21(26)15-25-10-6-7-16(14-25)22(27)24-17-8-4-3-5-9-17/h3-5,8-9,11-13,16H,6-7,10,14-15H2,1-2H3,(H,23,26)(H,24,27). The van der Waals surface area contributed by atoms with E-state index >= 15 is 0 Å². The van der Waals surface area contributed by atoms with Gasteiger partial charge in [-0.15, -0.1) is 0 Å². The first-order valence-electron chi connectivity index (χ1n) is 9.68. The maximum atomic E-state index is 12.6. The fraction of sp³-hybridized carbons (Fsp3) is 0.364. The van der Waals surface area contributed by atoms with Crippen molar-refractivity contribution in [2.75, 3.05) is 44.5 Å². The van der Waals surface area contributed by atoms with E-state index in [0.717, 1.165) is 25.1 Å². The van der Waals surface area contributed by atoms with Gasteiger partial charge in [0.1, 0.15) is 11.5 Å². The highest BCUT2D eigenvalue weighted by atomic mass is 16.5. The Morgan fingerprint density at radius 1 is 1.00 bits per heavy atom. The highest BCUT2D eigenvalue weighted by molar-refractivity contribution is 5.94. The summed E-state index contributed by atoms with van der Waals surface area (Å²) in [6.07, 6.45) is 1.71. The summed E-state index contributed by atoms with van der Waals surface area (Å²) in [6, 6.07) is 14.7. The number of likely N-dealkylation sites (tertiary alicyclic amines) is 1. The maximum Gasteiger partial charge on any atom is 0.238 e. The fourth-order valence-electron chi connectivity index (χ4n) is 3.46. The van der Waals surface area contributed by atoms with Crippen LogP contribution in [0.2, 0.25) is 0 Å². The molecule has 0 spiro atoms. The molecule has 7 heteroatoms. The topological polar surface area (TPSA) is 79.9 Å². The molecule has 7 nitrogen and oxygen atoms in total. The number of anilines is 2. The van der Waals surface area contributed by atoms with Gasteiger partial charge < -0.3 is 20.1 Å². The summed E-state index contributed by atoms with van der Waals surface area (Å²) in [5, 5.41) is 5.84. The van der Waals surface area contributed by atoms with Crippen molar-refractivity contribution in [1.29, 1.82) is 0 Å². The lowest BCUT2D eigenvalue weighted by Crippen LogP contribution is -2.43. The molecule has 0 saturated carbocycles. The van der Waals surface area contributed by atoms with E-state index in [-0.39, 0.29) is 24.3 Å². The van der Waals surface area contributed by atoms with E-state index in [9.17, 15) is 9.59 Å². The predicted octanol–water partition coefficient (Wildman–Crippen LogP) is 2.99. The van der Waals surface area contributed by atoms with Gasteiger partial charge >= 0.3 is 0 Å². The Kier molecular flexibility index (Phi) is 7.08. The molecule has 2 N–H and O–H groups in total. The Morgan fingerprint density at radius 3 is 2.34 bits per heavy atom. The Balaban J connectivity index is 1.54. The summed E-state index contributed by atoms with van der Waals surface area (Å²) >= 11 is 0. The van der Waals surface area contributed by atoms with Crippen LogP contribution in [0.4, 0.5) is 11.4 Å². The number of hydrogen-bond acceptors (Lipinski definition) is 5. The zero-order valence-electron chi connectivity index (χ0n) is 16.8. The first-order chi connectivity index (χ1) is 14.1. The van der Waals surface area contributed by atoms with Gasteiger partial charge in [-0.2, -0.15) is 0 Å². The van der Waals surface area contributed by atoms with Crippen molar-refractivity contribution >= 4 is 23.2 Å². The average Bonchev–Trinajstić information content (AvgIpc) is 2.74. The molecule has 1 unspecified atom stereocenters. The van der Waals surface area contributed by atoms with Gasteiger partial charge in [-0.1, -0.05) is 18.2 Å². The third kappa shape index (κ3) is 5.96. The molecule has 3 rings (SSSR count). The lowest BCUT2D eigenvalue weighted by molar-refractivity contribution is -0.123. The molecule has 1 atom stereocenters. The van der Waals surface area contributed by atoms with Gasteiger partial charge in [0, 0.05) is 36.1 Å². The van der Waals surface area contributed by atoms with Crippen molar-refractivity contribution in [3.8, 4) is 11.5 Å². The molecule has 0 bridgehead atoms. The molecule has 2 aromatic carbocycles. The van der Waals surface area contributed by atoms with E-state index in [1.54, 1.807) is 32.4 Å². The van der Waals surface area contributed by atoms with E-state index in [2.05, 4.69) is 10.6 Å². The van der Waals surface area contributed by atoms with Crippen LogP contribution in [0, 0.1) is 5.92 Å². The van der Waals surface area contributed by atoms with Crippen LogP contribution in [0.1, 0.15) is 12.8 Å². The number of benzene rings is 2. The highest BCUT2D eigenvalue weighted by Crippen LogP contribution is 2.26. The molecule has 2 amide bonds. The van der Waals surface area contributed by atoms with Crippen molar-refractivity contribution in [3.05, 3.63) is 48.5 Å². The number of piperidine rings is 1. The van der Waals surface area contributed by atoms with Gasteiger partial charge in [0.25, 0.3) is 0 Å². The summed E-state index contributed by atoms with van der Waals surface area (Å²) < 4.78 is 10.5. The molecule has 0 aliphatic carbocycles. The predicted molar refractivity (Wildman–Crippen MR) is 112 cm³/mol. The number of nitrogens with zero attached hydrogens (tertiary/aromatic N) is 1. The zero-order chi connectivity index (χ0) is 20.6. The largest absolute Gasteiger partial charge is 0.497 e. The van der Waals surface area contributed by atoms with Crippen molar-refractivity contribution < 1.29 is 19.1 Å². The molecule has 1 aliphatic rings. The number of ether oxygens (including phenoxy) is 2. The second-order valence-electron chi connectivity index (χ2n) is 7.08. The third-order valence-corrected chi connectivity index (χ3v) is 4.92. The van der Waals surface area contributed by atoms with E-state index in [4.69, 9.17) is 9.47 Å². The van der Waals surface area contributed by atoms with Gasteiger partial charge in [-0.25, -0.2) is 0 Å². The van der Waals surface area contributed by atoms with Crippen molar-refractivity contribution in [1.82, 2.24) is 4.90 Å². The normalized spacial score (nSPS) is 16.7. The molecule has 2 aromatic rings. The van der Waals surface area contributed by atoms with Crippen LogP contribution in [0.15, 0.2) is 48.5 Å². The second-order valence-corrected chi connectivity index (χ2v) is 7.08. The molecule has 1 saturated heterocycles. The van der Waals surface area contributed by atoms with Crippen LogP contribution in [-0.2, 0) is 9.59 Å². The Labute approximate surface area is 171 Å². The number of para-hydroxylation sites is 1. The summed E-state index contributed by atoms with van der Waals surface area (Å²) in [7, 11) is 3.13. The monoisotopic (exact) mass is 397 g/mol. The Bertz CT molecular complexity index is 819. The SMILES string of the molecule is COc1cc(NC(=O)CN2CCCC(C(=O)Nc3ccccc3)C2)cc(OC)c1. The minimum atomic E-state index is -0.135. The Morgan fingerprint density at radius 2 is 1.69 bits per heavy atom. The van der Waals surface area contributed by atoms with Crippen molar-refractivity contribution in [3.63, 3.8) is 0 Å². The molecule has 1 heterocycles. The first kappa shape index (κ1) is 20.7. The second kappa shape index (κ2) is 9.93. The minimum absolute atomic E-state index is 0.00107. The van der Waals surface area contributed by atoms with E-state index in [0.29, 0.717) is 23.7 Å². The summed E-state index contributed by atoms with van der Waals surface area (Å²) in [5.41, 5.74) is 1.40.